The molecule has 3 N–H and O–H groups in total. The Labute approximate surface area is 169 Å². The number of nitro benzene ring substituents is 1. The number of halogens is 1. The molecule has 2 aromatic carbocycles. The van der Waals surface area contributed by atoms with Crippen molar-refractivity contribution in [3.63, 3.8) is 0 Å². The molecule has 0 fully saturated rings. The van der Waals surface area contributed by atoms with Crippen molar-refractivity contribution in [2.45, 2.75) is 18.9 Å². The largest absolute Gasteiger partial charge is 0.493 e. The number of hydrogen-bond donors (Lipinski definition) is 2. The van der Waals surface area contributed by atoms with Gasteiger partial charge in [-0.1, -0.05) is 30.3 Å². The van der Waals surface area contributed by atoms with Crippen molar-refractivity contribution >= 4 is 24.0 Å². The fraction of sp³-hybridized carbons (Fsp3) is 0.316. The lowest BCUT2D eigenvalue weighted by Crippen LogP contribution is -2.29. The first-order chi connectivity index (χ1) is 13.0. The van der Waals surface area contributed by atoms with Crippen molar-refractivity contribution in [2.24, 2.45) is 5.73 Å². The van der Waals surface area contributed by atoms with Crippen molar-refractivity contribution in [2.75, 3.05) is 20.8 Å². The minimum absolute atomic E-state index is 0. The third-order valence-electron chi connectivity index (χ3n) is 4.13. The average molecular weight is 410 g/mol. The van der Waals surface area contributed by atoms with Crippen LogP contribution in [0.2, 0.25) is 0 Å². The summed E-state index contributed by atoms with van der Waals surface area (Å²) in [5.41, 5.74) is 7.28. The van der Waals surface area contributed by atoms with E-state index in [2.05, 4.69) is 5.32 Å². The normalized spacial score (nSPS) is 11.1. The SMILES string of the molecule is COc1cc(CCNC(=O)CC(N)c2ccccc2)c([N+](=O)[O-])cc1OC.Cl. The molecule has 0 aliphatic carbocycles. The molecule has 28 heavy (non-hydrogen) atoms. The van der Waals surface area contributed by atoms with Crippen LogP contribution in [0.3, 0.4) is 0 Å². The van der Waals surface area contributed by atoms with Crippen molar-refractivity contribution in [1.29, 1.82) is 0 Å². The molecular weight excluding hydrogens is 386 g/mol. The van der Waals surface area contributed by atoms with E-state index in [-0.39, 0.29) is 49.1 Å². The van der Waals surface area contributed by atoms with Gasteiger partial charge in [-0.2, -0.15) is 0 Å². The maximum absolute atomic E-state index is 12.1. The first kappa shape index (κ1) is 23.2. The number of carbonyl (C=O) groups excluding carboxylic acids is 1. The highest BCUT2D eigenvalue weighted by Crippen LogP contribution is 2.34. The van der Waals surface area contributed by atoms with Crippen LogP contribution in [-0.2, 0) is 11.2 Å². The van der Waals surface area contributed by atoms with Gasteiger partial charge in [-0.15, -0.1) is 12.4 Å². The summed E-state index contributed by atoms with van der Waals surface area (Å²) in [6.45, 7) is 0.247. The van der Waals surface area contributed by atoms with E-state index in [4.69, 9.17) is 15.2 Å². The highest BCUT2D eigenvalue weighted by molar-refractivity contribution is 5.85. The number of hydrogen-bond acceptors (Lipinski definition) is 6. The molecule has 0 spiro atoms. The second-order valence-corrected chi connectivity index (χ2v) is 5.91. The summed E-state index contributed by atoms with van der Waals surface area (Å²) in [5.74, 6) is 0.468. The van der Waals surface area contributed by atoms with Crippen LogP contribution in [0.1, 0.15) is 23.6 Å². The molecule has 152 valence electrons. The van der Waals surface area contributed by atoms with E-state index in [1.165, 1.54) is 20.3 Å². The van der Waals surface area contributed by atoms with Gasteiger partial charge in [-0.25, -0.2) is 0 Å². The van der Waals surface area contributed by atoms with Crippen molar-refractivity contribution in [3.8, 4) is 11.5 Å². The number of nitrogens with zero attached hydrogens (tertiary/aromatic N) is 1. The molecule has 0 aliphatic rings. The predicted octanol–water partition coefficient (Wildman–Crippen LogP) is 2.78. The van der Waals surface area contributed by atoms with Gasteiger partial charge in [0.15, 0.2) is 11.5 Å². The highest BCUT2D eigenvalue weighted by atomic mass is 35.5. The van der Waals surface area contributed by atoms with Crippen LogP contribution in [0.25, 0.3) is 0 Å². The van der Waals surface area contributed by atoms with Gasteiger partial charge < -0.3 is 20.5 Å². The van der Waals surface area contributed by atoms with Crippen LogP contribution in [0.5, 0.6) is 11.5 Å². The van der Waals surface area contributed by atoms with Gasteiger partial charge in [0.1, 0.15) is 0 Å². The molecule has 2 aromatic rings. The molecule has 1 atom stereocenters. The summed E-state index contributed by atoms with van der Waals surface area (Å²) in [6, 6.07) is 11.8. The second kappa shape index (κ2) is 11.1. The quantitative estimate of drug-likeness (QED) is 0.485. The fourth-order valence-corrected chi connectivity index (χ4v) is 2.71. The molecular formula is C19H24ClN3O5. The summed E-state index contributed by atoms with van der Waals surface area (Å²) in [4.78, 5) is 22.9. The molecule has 0 saturated heterocycles. The number of methoxy groups -OCH3 is 2. The summed E-state index contributed by atoms with van der Waals surface area (Å²) in [6.07, 6.45) is 0.418. The zero-order valence-corrected chi connectivity index (χ0v) is 16.5. The van der Waals surface area contributed by atoms with Gasteiger partial charge in [-0.05, 0) is 18.1 Å². The Kier molecular flexibility index (Phi) is 9.20. The Hall–Kier alpha value is -2.84. The van der Waals surface area contributed by atoms with Gasteiger partial charge in [-0.3, -0.25) is 14.9 Å². The lowest BCUT2D eigenvalue weighted by atomic mass is 10.0. The van der Waals surface area contributed by atoms with Crippen LogP contribution < -0.4 is 20.5 Å². The summed E-state index contributed by atoms with van der Waals surface area (Å²) in [7, 11) is 2.87. The number of ether oxygens (including phenoxy) is 2. The first-order valence-electron chi connectivity index (χ1n) is 8.42. The standard InChI is InChI=1S/C19H23N3O5.ClH/c1-26-17-10-14(16(22(24)25)12-18(17)27-2)8-9-21-19(23)11-15(20)13-6-4-3-5-7-13;/h3-7,10,12,15H,8-9,11,20H2,1-2H3,(H,21,23);1H. The Morgan fingerprint density at radius 1 is 1.18 bits per heavy atom. The molecule has 9 heteroatoms. The molecule has 1 unspecified atom stereocenters. The van der Waals surface area contributed by atoms with Gasteiger partial charge in [0.25, 0.3) is 5.69 Å². The molecule has 1 amide bonds. The number of rotatable bonds is 9. The van der Waals surface area contributed by atoms with Crippen molar-refractivity contribution in [1.82, 2.24) is 5.32 Å². The predicted molar refractivity (Wildman–Crippen MR) is 108 cm³/mol. The molecule has 2 rings (SSSR count). The average Bonchev–Trinajstić information content (AvgIpc) is 2.67. The van der Waals surface area contributed by atoms with Crippen LogP contribution in [0.4, 0.5) is 5.69 Å². The lowest BCUT2D eigenvalue weighted by molar-refractivity contribution is -0.385. The maximum Gasteiger partial charge on any atom is 0.276 e. The van der Waals surface area contributed by atoms with Crippen LogP contribution in [0, 0.1) is 10.1 Å². The zero-order valence-electron chi connectivity index (χ0n) is 15.7. The van der Waals surface area contributed by atoms with Crippen LogP contribution in [-0.4, -0.2) is 31.6 Å². The van der Waals surface area contributed by atoms with E-state index in [0.717, 1.165) is 5.56 Å². The number of amides is 1. The van der Waals surface area contributed by atoms with Crippen molar-refractivity contribution in [3.05, 3.63) is 63.7 Å². The Morgan fingerprint density at radius 3 is 2.36 bits per heavy atom. The highest BCUT2D eigenvalue weighted by Gasteiger charge is 2.19. The Balaban J connectivity index is 0.00000392. The zero-order chi connectivity index (χ0) is 19.8. The molecule has 0 aliphatic heterocycles. The van der Waals surface area contributed by atoms with E-state index in [0.29, 0.717) is 11.3 Å². The molecule has 0 aromatic heterocycles. The second-order valence-electron chi connectivity index (χ2n) is 5.91. The molecule has 0 heterocycles. The van der Waals surface area contributed by atoms with E-state index < -0.39 is 11.0 Å². The number of nitrogens with two attached hydrogens (primary N) is 1. The monoisotopic (exact) mass is 409 g/mol. The summed E-state index contributed by atoms with van der Waals surface area (Å²) < 4.78 is 10.3. The number of benzene rings is 2. The molecule has 0 radical (unpaired) electrons. The minimum atomic E-state index is -0.482. The molecule has 0 bridgehead atoms. The van der Waals surface area contributed by atoms with Gasteiger partial charge in [0, 0.05) is 24.6 Å². The summed E-state index contributed by atoms with van der Waals surface area (Å²) >= 11 is 0. The van der Waals surface area contributed by atoms with Gasteiger partial charge in [0.2, 0.25) is 5.91 Å². The fourth-order valence-electron chi connectivity index (χ4n) is 2.71. The third kappa shape index (κ3) is 6.11. The van der Waals surface area contributed by atoms with E-state index in [9.17, 15) is 14.9 Å². The topological polar surface area (TPSA) is 117 Å². The summed E-state index contributed by atoms with van der Waals surface area (Å²) in [5, 5.41) is 14.0. The van der Waals surface area contributed by atoms with E-state index >= 15 is 0 Å². The van der Waals surface area contributed by atoms with Crippen LogP contribution >= 0.6 is 12.4 Å². The number of carbonyl (C=O) groups is 1. The minimum Gasteiger partial charge on any atom is -0.493 e. The molecule has 8 nitrogen and oxygen atoms in total. The van der Waals surface area contributed by atoms with Gasteiger partial charge in [0.05, 0.1) is 25.2 Å². The third-order valence-corrected chi connectivity index (χ3v) is 4.13. The number of nitrogens with one attached hydrogen (secondary N) is 1. The maximum atomic E-state index is 12.1. The lowest BCUT2D eigenvalue weighted by Gasteiger charge is -2.13. The van der Waals surface area contributed by atoms with Crippen LogP contribution in [0.15, 0.2) is 42.5 Å². The van der Waals surface area contributed by atoms with Crippen molar-refractivity contribution < 1.29 is 19.2 Å². The first-order valence-corrected chi connectivity index (χ1v) is 8.42. The Morgan fingerprint density at radius 2 is 1.79 bits per heavy atom. The Bertz CT molecular complexity index is 802. The van der Waals surface area contributed by atoms with E-state index in [1.807, 2.05) is 30.3 Å². The number of nitro groups is 1. The van der Waals surface area contributed by atoms with E-state index in [1.54, 1.807) is 6.07 Å². The molecule has 0 saturated carbocycles. The van der Waals surface area contributed by atoms with Gasteiger partial charge >= 0.3 is 0 Å². The smallest absolute Gasteiger partial charge is 0.276 e.